The van der Waals surface area contributed by atoms with Gasteiger partial charge in [-0.15, -0.1) is 0 Å². The zero-order valence-corrected chi connectivity index (χ0v) is 12.1. The minimum Gasteiger partial charge on any atom is -0.356 e. The quantitative estimate of drug-likeness (QED) is 0.848. The van der Waals surface area contributed by atoms with Gasteiger partial charge in [0, 0.05) is 12.5 Å². The lowest BCUT2D eigenvalue weighted by Gasteiger charge is -2.31. The van der Waals surface area contributed by atoms with Crippen molar-refractivity contribution in [2.45, 2.75) is 27.2 Å². The average molecular weight is 260 g/mol. The molecule has 1 saturated heterocycles. The average Bonchev–Trinajstić information content (AvgIpc) is 2.30. The Kier molecular flexibility index (Phi) is 4.59. The van der Waals surface area contributed by atoms with Crippen molar-refractivity contribution in [3.05, 3.63) is 34.9 Å². The van der Waals surface area contributed by atoms with Crippen molar-refractivity contribution < 1.29 is 4.79 Å². The monoisotopic (exact) mass is 260 g/mol. The minimum absolute atomic E-state index is 0.124. The van der Waals surface area contributed by atoms with Gasteiger partial charge in [0.15, 0.2) is 0 Å². The molecular weight excluding hydrogens is 236 g/mol. The molecule has 3 heteroatoms. The fourth-order valence-electron chi connectivity index (χ4n) is 2.59. The van der Waals surface area contributed by atoms with Gasteiger partial charge in [-0.1, -0.05) is 25.1 Å². The van der Waals surface area contributed by atoms with Crippen LogP contribution >= 0.6 is 0 Å². The summed E-state index contributed by atoms with van der Waals surface area (Å²) < 4.78 is 0. The van der Waals surface area contributed by atoms with Gasteiger partial charge in [0.1, 0.15) is 0 Å². The Bertz CT molecular complexity index is 432. The number of rotatable bonds is 5. The molecule has 1 fully saturated rings. The van der Waals surface area contributed by atoms with E-state index in [0.717, 1.165) is 26.1 Å². The number of nitrogens with one attached hydrogen (secondary N) is 2. The zero-order valence-electron chi connectivity index (χ0n) is 12.1. The molecule has 1 aliphatic heterocycles. The van der Waals surface area contributed by atoms with Crippen molar-refractivity contribution in [1.82, 2.24) is 10.6 Å². The van der Waals surface area contributed by atoms with Crippen molar-refractivity contribution in [3.8, 4) is 0 Å². The van der Waals surface area contributed by atoms with Crippen molar-refractivity contribution in [1.29, 1.82) is 0 Å². The summed E-state index contributed by atoms with van der Waals surface area (Å²) in [5.41, 5.74) is 3.98. The van der Waals surface area contributed by atoms with Gasteiger partial charge in [0.2, 0.25) is 5.91 Å². The molecule has 0 saturated carbocycles. The van der Waals surface area contributed by atoms with Crippen LogP contribution in [-0.4, -0.2) is 25.5 Å². The molecule has 3 nitrogen and oxygen atoms in total. The maximum Gasteiger partial charge on any atom is 0.223 e. The van der Waals surface area contributed by atoms with E-state index >= 15 is 0 Å². The van der Waals surface area contributed by atoms with Crippen LogP contribution in [0.5, 0.6) is 0 Å². The van der Waals surface area contributed by atoms with Crippen LogP contribution < -0.4 is 10.6 Å². The van der Waals surface area contributed by atoms with Crippen LogP contribution in [0.4, 0.5) is 0 Å². The standard InChI is InChI=1S/C16H24N2O/c1-11-5-4-6-12(2)15(11)7-8-18-16(19)13(3)14-9-17-10-14/h4-6,13-14,17H,7-10H2,1-3H3,(H,18,19). The Balaban J connectivity index is 1.81. The molecule has 1 aromatic carbocycles. The third-order valence-corrected chi connectivity index (χ3v) is 4.25. The first-order valence-corrected chi connectivity index (χ1v) is 7.13. The lowest BCUT2D eigenvalue weighted by Crippen LogP contribution is -2.49. The summed E-state index contributed by atoms with van der Waals surface area (Å²) >= 11 is 0. The third-order valence-electron chi connectivity index (χ3n) is 4.25. The molecule has 1 aromatic rings. The number of carbonyl (C=O) groups excluding carboxylic acids is 1. The van der Waals surface area contributed by atoms with Gasteiger partial charge in [-0.05, 0) is 56.0 Å². The molecule has 0 radical (unpaired) electrons. The summed E-state index contributed by atoms with van der Waals surface area (Å²) in [5.74, 6) is 0.831. The van der Waals surface area contributed by atoms with Gasteiger partial charge in [-0.25, -0.2) is 0 Å². The van der Waals surface area contributed by atoms with E-state index in [-0.39, 0.29) is 11.8 Å². The highest BCUT2D eigenvalue weighted by Crippen LogP contribution is 2.16. The molecule has 2 N–H and O–H groups in total. The maximum atomic E-state index is 12.0. The van der Waals surface area contributed by atoms with Crippen molar-refractivity contribution in [2.75, 3.05) is 19.6 Å². The second-order valence-corrected chi connectivity index (χ2v) is 5.62. The Morgan fingerprint density at radius 3 is 2.53 bits per heavy atom. The first-order chi connectivity index (χ1) is 9.09. The smallest absolute Gasteiger partial charge is 0.223 e. The van der Waals surface area contributed by atoms with Gasteiger partial charge < -0.3 is 10.6 Å². The molecular formula is C16H24N2O. The molecule has 1 amide bonds. The molecule has 0 spiro atoms. The van der Waals surface area contributed by atoms with E-state index in [1.54, 1.807) is 0 Å². The van der Waals surface area contributed by atoms with Crippen LogP contribution in [-0.2, 0) is 11.2 Å². The van der Waals surface area contributed by atoms with Crippen LogP contribution in [0.3, 0.4) is 0 Å². The summed E-state index contributed by atoms with van der Waals surface area (Å²) in [6, 6.07) is 6.35. The summed E-state index contributed by atoms with van der Waals surface area (Å²) in [6.45, 7) is 8.98. The summed E-state index contributed by atoms with van der Waals surface area (Å²) in [6.07, 6.45) is 0.917. The molecule has 0 aliphatic carbocycles. The van der Waals surface area contributed by atoms with Crippen LogP contribution in [0.1, 0.15) is 23.6 Å². The Morgan fingerprint density at radius 1 is 1.37 bits per heavy atom. The first-order valence-electron chi connectivity index (χ1n) is 7.13. The van der Waals surface area contributed by atoms with Gasteiger partial charge in [0.25, 0.3) is 0 Å². The fourth-order valence-corrected chi connectivity index (χ4v) is 2.59. The molecule has 0 aromatic heterocycles. The summed E-state index contributed by atoms with van der Waals surface area (Å²) in [4.78, 5) is 12.0. The fraction of sp³-hybridized carbons (Fsp3) is 0.562. The number of hydrogen-bond donors (Lipinski definition) is 2. The van der Waals surface area contributed by atoms with Gasteiger partial charge in [-0.2, -0.15) is 0 Å². The van der Waals surface area contributed by atoms with E-state index in [1.165, 1.54) is 16.7 Å². The van der Waals surface area contributed by atoms with E-state index in [1.807, 2.05) is 6.92 Å². The second-order valence-electron chi connectivity index (χ2n) is 5.62. The number of carbonyl (C=O) groups is 1. The lowest BCUT2D eigenvalue weighted by atomic mass is 9.88. The second kappa shape index (κ2) is 6.20. The summed E-state index contributed by atoms with van der Waals surface area (Å²) in [5, 5.41) is 6.28. The Morgan fingerprint density at radius 2 is 2.00 bits per heavy atom. The molecule has 2 rings (SSSR count). The van der Waals surface area contributed by atoms with Crippen LogP contribution in [0.2, 0.25) is 0 Å². The topological polar surface area (TPSA) is 41.1 Å². The molecule has 104 valence electrons. The van der Waals surface area contributed by atoms with E-state index in [9.17, 15) is 4.79 Å². The van der Waals surface area contributed by atoms with Crippen molar-refractivity contribution in [2.24, 2.45) is 11.8 Å². The number of benzene rings is 1. The Labute approximate surface area is 115 Å². The molecule has 0 bridgehead atoms. The van der Waals surface area contributed by atoms with E-state index in [2.05, 4.69) is 42.7 Å². The van der Waals surface area contributed by atoms with E-state index in [4.69, 9.17) is 0 Å². The highest BCUT2D eigenvalue weighted by Gasteiger charge is 2.28. The predicted molar refractivity (Wildman–Crippen MR) is 78.2 cm³/mol. The van der Waals surface area contributed by atoms with Gasteiger partial charge in [0.05, 0.1) is 0 Å². The SMILES string of the molecule is Cc1cccc(C)c1CCNC(=O)C(C)C1CNC1. The lowest BCUT2D eigenvalue weighted by molar-refractivity contribution is -0.126. The summed E-state index contributed by atoms with van der Waals surface area (Å²) in [7, 11) is 0. The normalized spacial score (nSPS) is 16.8. The molecule has 1 unspecified atom stereocenters. The molecule has 1 aliphatic rings. The van der Waals surface area contributed by atoms with Gasteiger partial charge in [-0.3, -0.25) is 4.79 Å². The molecule has 1 heterocycles. The number of amides is 1. The van der Waals surface area contributed by atoms with E-state index < -0.39 is 0 Å². The van der Waals surface area contributed by atoms with Crippen molar-refractivity contribution >= 4 is 5.91 Å². The highest BCUT2D eigenvalue weighted by molar-refractivity contribution is 5.78. The minimum atomic E-state index is 0.124. The zero-order chi connectivity index (χ0) is 13.8. The van der Waals surface area contributed by atoms with Crippen LogP contribution in [0.25, 0.3) is 0 Å². The highest BCUT2D eigenvalue weighted by atomic mass is 16.1. The number of aryl methyl sites for hydroxylation is 2. The van der Waals surface area contributed by atoms with Crippen LogP contribution in [0.15, 0.2) is 18.2 Å². The first kappa shape index (κ1) is 14.1. The Hall–Kier alpha value is -1.35. The largest absolute Gasteiger partial charge is 0.356 e. The van der Waals surface area contributed by atoms with Crippen molar-refractivity contribution in [3.63, 3.8) is 0 Å². The number of hydrogen-bond acceptors (Lipinski definition) is 2. The molecule has 1 atom stereocenters. The van der Waals surface area contributed by atoms with E-state index in [0.29, 0.717) is 5.92 Å². The third kappa shape index (κ3) is 3.35. The van der Waals surface area contributed by atoms with Gasteiger partial charge >= 0.3 is 0 Å². The maximum absolute atomic E-state index is 12.0. The van der Waals surface area contributed by atoms with Crippen LogP contribution in [0, 0.1) is 25.7 Å². The molecule has 19 heavy (non-hydrogen) atoms. The predicted octanol–water partition coefficient (Wildman–Crippen LogP) is 1.82.